The molecule has 1 aliphatic rings. The maximum Gasteiger partial charge on any atom is 0.416 e. The van der Waals surface area contributed by atoms with Gasteiger partial charge in [0, 0.05) is 31.0 Å². The highest BCUT2D eigenvalue weighted by molar-refractivity contribution is 7.98. The van der Waals surface area contributed by atoms with E-state index in [2.05, 4.69) is 0 Å². The number of ether oxygens (including phenoxy) is 1. The average Bonchev–Trinajstić information content (AvgIpc) is 2.61. The molecule has 1 fully saturated rings. The quantitative estimate of drug-likeness (QED) is 0.774. The molecule has 1 heterocycles. The Morgan fingerprint density at radius 1 is 1.23 bits per heavy atom. The Hall–Kier alpha value is -1.74. The van der Waals surface area contributed by atoms with E-state index in [0.717, 1.165) is 17.8 Å². The van der Waals surface area contributed by atoms with Crippen LogP contribution in [0.25, 0.3) is 0 Å². The molecule has 0 aromatic heterocycles. The first-order valence-electron chi connectivity index (χ1n) is 8.10. The number of morpholine rings is 1. The van der Waals surface area contributed by atoms with Crippen molar-refractivity contribution in [3.05, 3.63) is 35.4 Å². The number of hydrogen-bond acceptors (Lipinski definition) is 4. The van der Waals surface area contributed by atoms with E-state index >= 15 is 0 Å². The van der Waals surface area contributed by atoms with Crippen LogP contribution in [0.4, 0.5) is 13.2 Å². The third-order valence-electron chi connectivity index (χ3n) is 4.03. The summed E-state index contributed by atoms with van der Waals surface area (Å²) in [6.45, 7) is 1.70. The SMILES string of the molecule is O=C(O)C(CSCc1ccccc1C(F)(F)F)CC(=O)N1CCOCC1. The minimum Gasteiger partial charge on any atom is -0.481 e. The van der Waals surface area contributed by atoms with E-state index < -0.39 is 23.6 Å². The second-order valence-electron chi connectivity index (χ2n) is 5.90. The number of carboxylic acid groups (broad SMARTS) is 1. The van der Waals surface area contributed by atoms with Crippen molar-refractivity contribution in [2.24, 2.45) is 5.92 Å². The molecular weight excluding hydrogens is 371 g/mol. The highest BCUT2D eigenvalue weighted by Gasteiger charge is 2.33. The highest BCUT2D eigenvalue weighted by Crippen LogP contribution is 2.33. The first-order chi connectivity index (χ1) is 12.3. The van der Waals surface area contributed by atoms with Crippen LogP contribution in [0.15, 0.2) is 24.3 Å². The number of benzene rings is 1. The van der Waals surface area contributed by atoms with E-state index in [1.165, 1.54) is 18.2 Å². The van der Waals surface area contributed by atoms with E-state index in [9.17, 15) is 27.9 Å². The number of alkyl halides is 3. The molecule has 1 atom stereocenters. The van der Waals surface area contributed by atoms with Crippen molar-refractivity contribution in [1.29, 1.82) is 0 Å². The maximum absolute atomic E-state index is 13.0. The molecule has 0 aliphatic carbocycles. The lowest BCUT2D eigenvalue weighted by atomic mass is 10.1. The fourth-order valence-corrected chi connectivity index (χ4v) is 3.74. The van der Waals surface area contributed by atoms with Gasteiger partial charge in [-0.05, 0) is 11.6 Å². The molecule has 1 N–H and O–H groups in total. The number of nitrogens with zero attached hydrogens (tertiary/aromatic N) is 1. The Morgan fingerprint density at radius 2 is 1.88 bits per heavy atom. The van der Waals surface area contributed by atoms with Gasteiger partial charge in [-0.25, -0.2) is 0 Å². The van der Waals surface area contributed by atoms with E-state index in [1.54, 1.807) is 4.90 Å². The maximum atomic E-state index is 13.0. The van der Waals surface area contributed by atoms with Crippen LogP contribution in [-0.2, 0) is 26.3 Å². The minimum absolute atomic E-state index is 0.0329. The zero-order valence-electron chi connectivity index (χ0n) is 14.0. The van der Waals surface area contributed by atoms with Gasteiger partial charge in [0.1, 0.15) is 0 Å². The molecule has 1 aromatic rings. The molecule has 26 heavy (non-hydrogen) atoms. The molecule has 0 spiro atoms. The van der Waals surface area contributed by atoms with Gasteiger partial charge < -0.3 is 14.7 Å². The molecule has 1 amide bonds. The fourth-order valence-electron chi connectivity index (χ4n) is 2.60. The van der Waals surface area contributed by atoms with Gasteiger partial charge in [-0.15, -0.1) is 0 Å². The van der Waals surface area contributed by atoms with E-state index in [1.807, 2.05) is 0 Å². The summed E-state index contributed by atoms with van der Waals surface area (Å²) in [4.78, 5) is 25.1. The topological polar surface area (TPSA) is 66.8 Å². The number of thioether (sulfide) groups is 1. The van der Waals surface area contributed by atoms with Crippen molar-refractivity contribution in [3.8, 4) is 0 Å². The number of hydrogen-bond donors (Lipinski definition) is 1. The molecule has 5 nitrogen and oxygen atoms in total. The van der Waals surface area contributed by atoms with Crippen LogP contribution in [0.3, 0.4) is 0 Å². The Labute approximate surface area is 153 Å². The van der Waals surface area contributed by atoms with Crippen LogP contribution in [0.5, 0.6) is 0 Å². The zero-order chi connectivity index (χ0) is 19.2. The van der Waals surface area contributed by atoms with Gasteiger partial charge >= 0.3 is 12.1 Å². The molecule has 9 heteroatoms. The second kappa shape index (κ2) is 9.27. The minimum atomic E-state index is -4.45. The molecule has 0 saturated carbocycles. The molecule has 1 unspecified atom stereocenters. The van der Waals surface area contributed by atoms with Crippen molar-refractivity contribution in [2.75, 3.05) is 32.1 Å². The van der Waals surface area contributed by atoms with Gasteiger partial charge in [-0.2, -0.15) is 24.9 Å². The third kappa shape index (κ3) is 5.91. The molecule has 1 aromatic carbocycles. The first-order valence-corrected chi connectivity index (χ1v) is 9.25. The van der Waals surface area contributed by atoms with Crippen LogP contribution in [0, 0.1) is 5.92 Å². The van der Waals surface area contributed by atoms with E-state index in [0.29, 0.717) is 26.3 Å². The van der Waals surface area contributed by atoms with Gasteiger partial charge in [0.25, 0.3) is 0 Å². The van der Waals surface area contributed by atoms with E-state index in [4.69, 9.17) is 4.74 Å². The summed E-state index contributed by atoms with van der Waals surface area (Å²) < 4.78 is 44.1. The van der Waals surface area contributed by atoms with Crippen LogP contribution in [-0.4, -0.2) is 53.9 Å². The molecule has 1 aliphatic heterocycles. The number of halogens is 3. The smallest absolute Gasteiger partial charge is 0.416 e. The Balaban J connectivity index is 1.91. The normalized spacial score (nSPS) is 16.3. The van der Waals surface area contributed by atoms with E-state index in [-0.39, 0.29) is 29.4 Å². The number of carbonyl (C=O) groups excluding carboxylic acids is 1. The van der Waals surface area contributed by atoms with Gasteiger partial charge in [0.05, 0.1) is 24.7 Å². The highest BCUT2D eigenvalue weighted by atomic mass is 32.2. The molecular formula is C17H20F3NO4S. The van der Waals surface area contributed by atoms with Crippen LogP contribution in [0.2, 0.25) is 0 Å². The summed E-state index contributed by atoms with van der Waals surface area (Å²) in [5, 5.41) is 9.31. The average molecular weight is 391 g/mol. The molecule has 0 radical (unpaired) electrons. The van der Waals surface area contributed by atoms with Crippen molar-refractivity contribution in [2.45, 2.75) is 18.3 Å². The molecule has 2 rings (SSSR count). The number of rotatable bonds is 7. The number of carboxylic acids is 1. The summed E-state index contributed by atoms with van der Waals surface area (Å²) >= 11 is 1.09. The van der Waals surface area contributed by atoms with Crippen molar-refractivity contribution >= 4 is 23.6 Å². The van der Waals surface area contributed by atoms with Crippen LogP contribution < -0.4 is 0 Å². The van der Waals surface area contributed by atoms with Crippen molar-refractivity contribution < 1.29 is 32.6 Å². The van der Waals surface area contributed by atoms with Crippen LogP contribution >= 0.6 is 11.8 Å². The predicted octanol–water partition coefficient (Wildman–Crippen LogP) is 2.89. The predicted molar refractivity (Wildman–Crippen MR) is 90.7 cm³/mol. The summed E-state index contributed by atoms with van der Waals surface area (Å²) in [5.74, 6) is -2.23. The summed E-state index contributed by atoms with van der Waals surface area (Å²) in [5.41, 5.74) is -0.614. The lowest BCUT2D eigenvalue weighted by Gasteiger charge is -2.27. The molecule has 144 valence electrons. The van der Waals surface area contributed by atoms with Gasteiger partial charge in [-0.1, -0.05) is 18.2 Å². The summed E-state index contributed by atoms with van der Waals surface area (Å²) in [6.07, 6.45) is -4.61. The van der Waals surface area contributed by atoms with Crippen LogP contribution in [0.1, 0.15) is 17.5 Å². The van der Waals surface area contributed by atoms with Gasteiger partial charge in [0.15, 0.2) is 0 Å². The lowest BCUT2D eigenvalue weighted by molar-refractivity contribution is -0.146. The first kappa shape index (κ1) is 20.6. The lowest BCUT2D eigenvalue weighted by Crippen LogP contribution is -2.42. The van der Waals surface area contributed by atoms with Crippen molar-refractivity contribution in [1.82, 2.24) is 4.90 Å². The largest absolute Gasteiger partial charge is 0.481 e. The van der Waals surface area contributed by atoms with Crippen molar-refractivity contribution in [3.63, 3.8) is 0 Å². The standard InChI is InChI=1S/C17H20F3NO4S/c18-17(19,20)14-4-2-1-3-12(14)10-26-11-13(16(23)24)9-15(22)21-5-7-25-8-6-21/h1-4,13H,5-11H2,(H,23,24). The molecule has 0 bridgehead atoms. The zero-order valence-corrected chi connectivity index (χ0v) is 14.8. The molecule has 1 saturated heterocycles. The Bertz CT molecular complexity index is 633. The second-order valence-corrected chi connectivity index (χ2v) is 6.93. The summed E-state index contributed by atoms with van der Waals surface area (Å²) in [6, 6.07) is 5.22. The monoisotopic (exact) mass is 391 g/mol. The van der Waals surface area contributed by atoms with Gasteiger partial charge in [-0.3, -0.25) is 9.59 Å². The number of carbonyl (C=O) groups is 2. The Morgan fingerprint density at radius 3 is 2.50 bits per heavy atom. The number of amides is 1. The number of aliphatic carboxylic acids is 1. The van der Waals surface area contributed by atoms with Gasteiger partial charge in [0.2, 0.25) is 5.91 Å². The Kier molecular flexibility index (Phi) is 7.33. The fraction of sp³-hybridized carbons (Fsp3) is 0.529. The third-order valence-corrected chi connectivity index (χ3v) is 5.19. The summed E-state index contributed by atoms with van der Waals surface area (Å²) in [7, 11) is 0.